The molecule has 0 N–H and O–H groups in total. The van der Waals surface area contributed by atoms with Crippen LogP contribution >= 0.6 is 0 Å². The zero-order valence-electron chi connectivity index (χ0n) is 9.62. The van der Waals surface area contributed by atoms with Crippen LogP contribution < -0.4 is 0 Å². The van der Waals surface area contributed by atoms with Crippen LogP contribution in [0, 0.1) is 6.92 Å². The summed E-state index contributed by atoms with van der Waals surface area (Å²) in [5.74, 6) is -0.406. The van der Waals surface area contributed by atoms with E-state index >= 15 is 0 Å². The second-order valence-electron chi connectivity index (χ2n) is 3.40. The molecule has 6 nitrogen and oxygen atoms in total. The van der Waals surface area contributed by atoms with Crippen molar-refractivity contribution < 1.29 is 9.53 Å². The number of aromatic nitrogens is 4. The topological polar surface area (TPSA) is 69.9 Å². The van der Waals surface area contributed by atoms with E-state index in [0.717, 1.165) is 5.69 Å². The second-order valence-corrected chi connectivity index (χ2v) is 3.40. The van der Waals surface area contributed by atoms with Gasteiger partial charge >= 0.3 is 5.97 Å². The van der Waals surface area contributed by atoms with Crippen LogP contribution in [0.2, 0.25) is 0 Å². The predicted octanol–water partition coefficient (Wildman–Crippen LogP) is 1.15. The normalized spacial score (nSPS) is 10.2. The first-order valence-electron chi connectivity index (χ1n) is 5.21. The van der Waals surface area contributed by atoms with Crippen LogP contribution in [0.15, 0.2) is 24.8 Å². The van der Waals surface area contributed by atoms with Crippen LogP contribution in [0.25, 0.3) is 5.69 Å². The number of esters is 1. The van der Waals surface area contributed by atoms with Gasteiger partial charge in [0.25, 0.3) is 0 Å². The van der Waals surface area contributed by atoms with Crippen molar-refractivity contribution in [3.05, 3.63) is 36.2 Å². The van der Waals surface area contributed by atoms with Crippen LogP contribution in [-0.2, 0) is 4.74 Å². The first-order valence-corrected chi connectivity index (χ1v) is 5.21. The molecule has 0 aliphatic rings. The summed E-state index contributed by atoms with van der Waals surface area (Å²) >= 11 is 0. The van der Waals surface area contributed by atoms with Crippen molar-refractivity contribution in [3.8, 4) is 5.69 Å². The van der Waals surface area contributed by atoms with E-state index in [-0.39, 0.29) is 0 Å². The highest BCUT2D eigenvalue weighted by Gasteiger charge is 2.16. The summed E-state index contributed by atoms with van der Waals surface area (Å²) in [6.45, 7) is 3.90. The maximum atomic E-state index is 11.7. The molecule has 2 rings (SSSR count). The van der Waals surface area contributed by atoms with Crippen molar-refractivity contribution in [2.45, 2.75) is 13.8 Å². The van der Waals surface area contributed by atoms with E-state index in [1.807, 2.05) is 6.92 Å². The molecule has 2 heterocycles. The maximum absolute atomic E-state index is 11.7. The fourth-order valence-electron chi connectivity index (χ4n) is 1.45. The first-order chi connectivity index (χ1) is 8.22. The minimum absolute atomic E-state index is 0.328. The molecule has 2 aromatic rings. The summed E-state index contributed by atoms with van der Waals surface area (Å²) in [6, 6.07) is 1.67. The molecule has 2 aromatic heterocycles. The fourth-order valence-corrected chi connectivity index (χ4v) is 1.45. The van der Waals surface area contributed by atoms with E-state index in [1.54, 1.807) is 25.4 Å². The lowest BCUT2D eigenvalue weighted by atomic mass is 10.3. The Kier molecular flexibility index (Phi) is 3.13. The number of nitrogens with zero attached hydrogens (tertiary/aromatic N) is 4. The number of ether oxygens (including phenoxy) is 1. The zero-order valence-corrected chi connectivity index (χ0v) is 9.62. The molecule has 0 radical (unpaired) electrons. The molecule has 0 spiro atoms. The van der Waals surface area contributed by atoms with Gasteiger partial charge in [-0.05, 0) is 19.9 Å². The average molecular weight is 232 g/mol. The van der Waals surface area contributed by atoms with Gasteiger partial charge in [-0.2, -0.15) is 5.10 Å². The molecule has 0 saturated heterocycles. The summed E-state index contributed by atoms with van der Waals surface area (Å²) in [5.41, 5.74) is 1.74. The average Bonchev–Trinajstić information content (AvgIpc) is 2.73. The Bertz CT molecular complexity index is 522. The van der Waals surface area contributed by atoms with Crippen molar-refractivity contribution in [3.63, 3.8) is 0 Å². The molecule has 6 heteroatoms. The third kappa shape index (κ3) is 2.30. The Labute approximate surface area is 98.3 Å². The molecular weight excluding hydrogens is 220 g/mol. The number of hydrogen-bond donors (Lipinski definition) is 0. The van der Waals surface area contributed by atoms with Gasteiger partial charge in [0, 0.05) is 0 Å². The van der Waals surface area contributed by atoms with E-state index in [9.17, 15) is 4.79 Å². The summed E-state index contributed by atoms with van der Waals surface area (Å²) in [6.07, 6.45) is 4.59. The smallest absolute Gasteiger partial charge is 0.357 e. The van der Waals surface area contributed by atoms with E-state index in [2.05, 4.69) is 15.1 Å². The molecule has 0 fully saturated rings. The Balaban J connectivity index is 2.44. The molecule has 0 saturated carbocycles. The highest BCUT2D eigenvalue weighted by atomic mass is 16.5. The first kappa shape index (κ1) is 11.3. The monoisotopic (exact) mass is 232 g/mol. The van der Waals surface area contributed by atoms with Crippen molar-refractivity contribution in [2.24, 2.45) is 0 Å². The highest BCUT2D eigenvalue weighted by Crippen LogP contribution is 2.11. The van der Waals surface area contributed by atoms with Crippen LogP contribution in [0.4, 0.5) is 0 Å². The van der Waals surface area contributed by atoms with Gasteiger partial charge in [-0.25, -0.2) is 19.4 Å². The third-order valence-corrected chi connectivity index (χ3v) is 2.11. The Morgan fingerprint density at radius 1 is 1.41 bits per heavy atom. The molecule has 0 aromatic carbocycles. The van der Waals surface area contributed by atoms with Gasteiger partial charge in [0.15, 0.2) is 5.69 Å². The Morgan fingerprint density at radius 3 is 2.76 bits per heavy atom. The summed E-state index contributed by atoms with van der Waals surface area (Å²) in [5, 5.41) is 4.22. The molecular formula is C11H12N4O2. The zero-order chi connectivity index (χ0) is 12.3. The SMILES string of the molecule is CCOC(=O)c1cc(C)nn1-c1cncnc1. The van der Waals surface area contributed by atoms with Crippen LogP contribution in [-0.4, -0.2) is 32.3 Å². The fraction of sp³-hybridized carbons (Fsp3) is 0.273. The minimum Gasteiger partial charge on any atom is -0.461 e. The van der Waals surface area contributed by atoms with Crippen molar-refractivity contribution in [1.29, 1.82) is 0 Å². The number of aryl methyl sites for hydroxylation is 1. The Hall–Kier alpha value is -2.24. The maximum Gasteiger partial charge on any atom is 0.357 e. The molecule has 0 unspecified atom stereocenters. The number of rotatable bonds is 3. The lowest BCUT2D eigenvalue weighted by Crippen LogP contribution is -2.12. The van der Waals surface area contributed by atoms with Crippen LogP contribution in [0.3, 0.4) is 0 Å². The van der Waals surface area contributed by atoms with Crippen LogP contribution in [0.1, 0.15) is 23.1 Å². The van der Waals surface area contributed by atoms with Crippen molar-refractivity contribution in [2.75, 3.05) is 6.61 Å². The largest absolute Gasteiger partial charge is 0.461 e. The van der Waals surface area contributed by atoms with E-state index in [0.29, 0.717) is 18.0 Å². The van der Waals surface area contributed by atoms with E-state index in [4.69, 9.17) is 4.74 Å². The number of carbonyl (C=O) groups excluding carboxylic acids is 1. The number of carbonyl (C=O) groups is 1. The molecule has 0 aliphatic carbocycles. The van der Waals surface area contributed by atoms with Gasteiger partial charge in [-0.3, -0.25) is 0 Å². The summed E-state index contributed by atoms with van der Waals surface area (Å²) in [4.78, 5) is 19.5. The summed E-state index contributed by atoms with van der Waals surface area (Å²) < 4.78 is 6.44. The Morgan fingerprint density at radius 2 is 2.12 bits per heavy atom. The van der Waals surface area contributed by atoms with Crippen LogP contribution in [0.5, 0.6) is 0 Å². The standard InChI is InChI=1S/C11H12N4O2/c1-3-17-11(16)10-4-8(2)14-15(10)9-5-12-7-13-6-9/h4-7H,3H2,1-2H3. The van der Waals surface area contributed by atoms with Gasteiger partial charge < -0.3 is 4.74 Å². The molecule has 17 heavy (non-hydrogen) atoms. The minimum atomic E-state index is -0.406. The van der Waals surface area contributed by atoms with Gasteiger partial charge in [-0.1, -0.05) is 0 Å². The van der Waals surface area contributed by atoms with Gasteiger partial charge in [0.1, 0.15) is 12.0 Å². The second kappa shape index (κ2) is 4.73. The van der Waals surface area contributed by atoms with Crippen molar-refractivity contribution in [1.82, 2.24) is 19.7 Å². The lowest BCUT2D eigenvalue weighted by molar-refractivity contribution is 0.0515. The third-order valence-electron chi connectivity index (χ3n) is 2.11. The molecule has 0 bridgehead atoms. The van der Waals surface area contributed by atoms with Crippen molar-refractivity contribution >= 4 is 5.97 Å². The lowest BCUT2D eigenvalue weighted by Gasteiger charge is -2.05. The molecule has 0 atom stereocenters. The highest BCUT2D eigenvalue weighted by molar-refractivity contribution is 5.88. The van der Waals surface area contributed by atoms with Gasteiger partial charge in [0.2, 0.25) is 0 Å². The predicted molar refractivity (Wildman–Crippen MR) is 59.8 cm³/mol. The molecule has 88 valence electrons. The van der Waals surface area contributed by atoms with E-state index < -0.39 is 5.97 Å². The summed E-state index contributed by atoms with van der Waals surface area (Å²) in [7, 11) is 0. The van der Waals surface area contributed by atoms with Gasteiger partial charge in [0.05, 0.1) is 24.7 Å². The number of hydrogen-bond acceptors (Lipinski definition) is 5. The quantitative estimate of drug-likeness (QED) is 0.742. The van der Waals surface area contributed by atoms with Gasteiger partial charge in [-0.15, -0.1) is 0 Å². The molecule has 0 aliphatic heterocycles. The van der Waals surface area contributed by atoms with E-state index in [1.165, 1.54) is 11.0 Å². The molecule has 0 amide bonds.